The first-order chi connectivity index (χ1) is 20.1. The molecule has 8 heteroatoms. The van der Waals surface area contributed by atoms with Crippen LogP contribution in [0.25, 0.3) is 11.1 Å². The Kier molecular flexibility index (Phi) is 10.6. The van der Waals surface area contributed by atoms with Crippen molar-refractivity contribution in [1.82, 2.24) is 15.1 Å². The summed E-state index contributed by atoms with van der Waals surface area (Å²) in [5.41, 5.74) is 4.87. The molecule has 3 aromatic carbocycles. The standard InChI is InChI=1S/C34H44N4O4/c1-23(2)35-34(41)36-30-15-16-31-29(17-30)18-33(40)38(25(4)22-39)19-24(3)32(42-31)21-37(5)20-26-11-13-28(14-12-26)27-9-7-6-8-10-27/h6-17,23-25,32,39H,18-22H2,1-5H3,(H2,35,36,41)/t24-,25-,32+/m1/s1. The number of fused-ring (bicyclic) bond motifs is 1. The van der Waals surface area contributed by atoms with Gasteiger partial charge in [-0.25, -0.2) is 4.79 Å². The Hall–Kier alpha value is -3.88. The van der Waals surface area contributed by atoms with Gasteiger partial charge in [0, 0.05) is 42.8 Å². The van der Waals surface area contributed by atoms with Crippen molar-refractivity contribution >= 4 is 17.6 Å². The van der Waals surface area contributed by atoms with E-state index in [-0.39, 0.29) is 49.1 Å². The Labute approximate surface area is 249 Å². The van der Waals surface area contributed by atoms with Crippen LogP contribution in [-0.4, -0.2) is 71.8 Å². The maximum atomic E-state index is 13.5. The molecule has 0 saturated carbocycles. The van der Waals surface area contributed by atoms with E-state index in [0.29, 0.717) is 30.1 Å². The average Bonchev–Trinajstić information content (AvgIpc) is 3.00. The summed E-state index contributed by atoms with van der Waals surface area (Å²) in [5, 5.41) is 15.6. The van der Waals surface area contributed by atoms with E-state index in [1.165, 1.54) is 16.7 Å². The fraction of sp³-hybridized carbons (Fsp3) is 0.412. The van der Waals surface area contributed by atoms with Crippen LogP contribution in [0.4, 0.5) is 10.5 Å². The summed E-state index contributed by atoms with van der Waals surface area (Å²) in [6.07, 6.45) is -0.0935. The van der Waals surface area contributed by atoms with Crippen LogP contribution < -0.4 is 15.4 Å². The van der Waals surface area contributed by atoms with Crippen molar-refractivity contribution in [2.45, 2.75) is 58.8 Å². The van der Waals surface area contributed by atoms with Crippen LogP contribution in [0, 0.1) is 5.92 Å². The molecule has 0 saturated heterocycles. The average molecular weight is 573 g/mol. The number of hydrogen-bond donors (Lipinski definition) is 3. The molecule has 3 amide bonds. The third-order valence-corrected chi connectivity index (χ3v) is 7.60. The Morgan fingerprint density at radius 1 is 1.05 bits per heavy atom. The lowest BCUT2D eigenvalue weighted by atomic mass is 10.0. The number of hydrogen-bond acceptors (Lipinski definition) is 5. The number of likely N-dealkylation sites (N-methyl/N-ethyl adjacent to an activating group) is 1. The first-order valence-corrected chi connectivity index (χ1v) is 14.7. The molecule has 1 heterocycles. The predicted octanol–water partition coefficient (Wildman–Crippen LogP) is 5.16. The largest absolute Gasteiger partial charge is 0.488 e. The van der Waals surface area contributed by atoms with E-state index in [4.69, 9.17) is 4.74 Å². The van der Waals surface area contributed by atoms with Gasteiger partial charge in [0.15, 0.2) is 0 Å². The number of nitrogens with one attached hydrogen (secondary N) is 2. The van der Waals surface area contributed by atoms with Crippen LogP contribution in [0.2, 0.25) is 0 Å². The molecular weight excluding hydrogens is 528 g/mol. The summed E-state index contributed by atoms with van der Waals surface area (Å²) in [5.74, 6) is 0.560. The van der Waals surface area contributed by atoms with Crippen molar-refractivity contribution in [3.8, 4) is 16.9 Å². The lowest BCUT2D eigenvalue weighted by Crippen LogP contribution is -2.47. The molecule has 0 aliphatic carbocycles. The van der Waals surface area contributed by atoms with Crippen LogP contribution in [0.3, 0.4) is 0 Å². The zero-order valence-electron chi connectivity index (χ0n) is 25.3. The van der Waals surface area contributed by atoms with Gasteiger partial charge in [-0.15, -0.1) is 0 Å². The molecule has 3 aromatic rings. The van der Waals surface area contributed by atoms with E-state index in [0.717, 1.165) is 6.54 Å². The SMILES string of the molecule is CC(C)NC(=O)Nc1ccc2c(c1)CC(=O)N([C@H](C)CO)C[C@@H](C)[C@H](CN(C)Cc1ccc(-c3ccccc3)cc1)O2. The highest BCUT2D eigenvalue weighted by Crippen LogP contribution is 2.29. The van der Waals surface area contributed by atoms with Gasteiger partial charge in [0.05, 0.1) is 19.1 Å². The highest BCUT2D eigenvalue weighted by molar-refractivity contribution is 5.90. The van der Waals surface area contributed by atoms with Gasteiger partial charge >= 0.3 is 6.03 Å². The fourth-order valence-electron chi connectivity index (χ4n) is 5.27. The quantitative estimate of drug-likeness (QED) is 0.329. The summed E-state index contributed by atoms with van der Waals surface area (Å²) >= 11 is 0. The van der Waals surface area contributed by atoms with E-state index in [9.17, 15) is 14.7 Å². The molecule has 0 bridgehead atoms. The van der Waals surface area contributed by atoms with Gasteiger partial charge in [0.1, 0.15) is 11.9 Å². The smallest absolute Gasteiger partial charge is 0.319 e. The van der Waals surface area contributed by atoms with E-state index < -0.39 is 0 Å². The van der Waals surface area contributed by atoms with Gasteiger partial charge < -0.3 is 25.4 Å². The van der Waals surface area contributed by atoms with E-state index in [2.05, 4.69) is 65.9 Å². The van der Waals surface area contributed by atoms with Gasteiger partial charge in [0.2, 0.25) is 5.91 Å². The third-order valence-electron chi connectivity index (χ3n) is 7.60. The van der Waals surface area contributed by atoms with E-state index >= 15 is 0 Å². The second-order valence-electron chi connectivity index (χ2n) is 11.7. The number of anilines is 1. The molecule has 3 atom stereocenters. The molecule has 224 valence electrons. The van der Waals surface area contributed by atoms with Crippen molar-refractivity contribution in [2.24, 2.45) is 5.92 Å². The fourth-order valence-corrected chi connectivity index (χ4v) is 5.27. The van der Waals surface area contributed by atoms with Crippen molar-refractivity contribution in [3.05, 3.63) is 83.9 Å². The summed E-state index contributed by atoms with van der Waals surface area (Å²) in [6, 6.07) is 23.8. The second-order valence-corrected chi connectivity index (χ2v) is 11.7. The number of nitrogens with zero attached hydrogens (tertiary/aromatic N) is 2. The number of carbonyl (C=O) groups is 2. The van der Waals surface area contributed by atoms with Gasteiger partial charge in [-0.2, -0.15) is 0 Å². The number of aliphatic hydroxyl groups is 1. The van der Waals surface area contributed by atoms with Crippen molar-refractivity contribution in [3.63, 3.8) is 0 Å². The minimum atomic E-state index is -0.318. The van der Waals surface area contributed by atoms with Crippen molar-refractivity contribution in [2.75, 3.05) is 32.1 Å². The number of benzene rings is 3. The summed E-state index contributed by atoms with van der Waals surface area (Å²) in [4.78, 5) is 29.8. The molecule has 0 unspecified atom stereocenters. The summed E-state index contributed by atoms with van der Waals surface area (Å²) < 4.78 is 6.64. The summed E-state index contributed by atoms with van der Waals surface area (Å²) in [7, 11) is 2.08. The van der Waals surface area contributed by atoms with Crippen LogP contribution >= 0.6 is 0 Å². The second kappa shape index (κ2) is 14.3. The summed E-state index contributed by atoms with van der Waals surface area (Å²) in [6.45, 7) is 9.49. The van der Waals surface area contributed by atoms with Crippen LogP contribution in [-0.2, 0) is 17.8 Å². The molecule has 4 rings (SSSR count). The molecule has 0 spiro atoms. The Morgan fingerprint density at radius 2 is 1.74 bits per heavy atom. The predicted molar refractivity (Wildman–Crippen MR) is 167 cm³/mol. The number of amides is 3. The number of ether oxygens (including phenoxy) is 1. The van der Waals surface area contributed by atoms with Gasteiger partial charge in [-0.1, -0.05) is 61.5 Å². The monoisotopic (exact) mass is 572 g/mol. The Morgan fingerprint density at radius 3 is 2.40 bits per heavy atom. The van der Waals surface area contributed by atoms with Crippen molar-refractivity contribution in [1.29, 1.82) is 0 Å². The van der Waals surface area contributed by atoms with Crippen LogP contribution in [0.15, 0.2) is 72.8 Å². The van der Waals surface area contributed by atoms with Crippen LogP contribution in [0.1, 0.15) is 38.8 Å². The first kappa shape index (κ1) is 31.1. The van der Waals surface area contributed by atoms with Crippen LogP contribution in [0.5, 0.6) is 5.75 Å². The lowest BCUT2D eigenvalue weighted by Gasteiger charge is -2.34. The normalized spacial score (nSPS) is 18.0. The topological polar surface area (TPSA) is 94.1 Å². The Bertz CT molecular complexity index is 1330. The molecule has 42 heavy (non-hydrogen) atoms. The first-order valence-electron chi connectivity index (χ1n) is 14.7. The molecule has 1 aliphatic heterocycles. The highest BCUT2D eigenvalue weighted by Gasteiger charge is 2.31. The van der Waals surface area contributed by atoms with E-state index in [1.54, 1.807) is 17.0 Å². The van der Waals surface area contributed by atoms with Gasteiger partial charge in [0.25, 0.3) is 0 Å². The molecule has 3 N–H and O–H groups in total. The molecule has 1 aliphatic rings. The Balaban J connectivity index is 1.53. The number of carbonyl (C=O) groups excluding carboxylic acids is 2. The third kappa shape index (κ3) is 8.33. The minimum Gasteiger partial charge on any atom is -0.488 e. The molecule has 8 nitrogen and oxygen atoms in total. The molecular formula is C34H44N4O4. The number of urea groups is 1. The van der Waals surface area contributed by atoms with Crippen molar-refractivity contribution < 1.29 is 19.4 Å². The minimum absolute atomic E-state index is 0.00248. The van der Waals surface area contributed by atoms with Gasteiger partial charge in [-0.3, -0.25) is 9.69 Å². The lowest BCUT2D eigenvalue weighted by molar-refractivity contribution is -0.134. The molecule has 0 aromatic heterocycles. The zero-order valence-corrected chi connectivity index (χ0v) is 25.3. The maximum Gasteiger partial charge on any atom is 0.319 e. The van der Waals surface area contributed by atoms with E-state index in [1.807, 2.05) is 45.0 Å². The highest BCUT2D eigenvalue weighted by atomic mass is 16.5. The molecule has 0 fully saturated rings. The maximum absolute atomic E-state index is 13.5. The number of rotatable bonds is 9. The van der Waals surface area contributed by atoms with Gasteiger partial charge in [-0.05, 0) is 62.7 Å². The molecule has 0 radical (unpaired) electrons. The zero-order chi connectivity index (χ0) is 30.2. The number of aliphatic hydroxyl groups excluding tert-OH is 1.